The first-order valence-electron chi connectivity index (χ1n) is 19.4. The van der Waals surface area contributed by atoms with Gasteiger partial charge in [-0.15, -0.1) is 0 Å². The van der Waals surface area contributed by atoms with Gasteiger partial charge in [-0.2, -0.15) is 0 Å². The van der Waals surface area contributed by atoms with Crippen molar-refractivity contribution >= 4 is 54.3 Å². The minimum Gasteiger partial charge on any atom is -0.455 e. The minimum absolute atomic E-state index is 0.453. The molecule has 1 aliphatic rings. The lowest BCUT2D eigenvalue weighted by molar-refractivity contribution is 0.673. The molecule has 1 aromatic heterocycles. The summed E-state index contributed by atoms with van der Waals surface area (Å²) in [6.07, 6.45) is 0. The molecule has 10 aromatic carbocycles. The largest absolute Gasteiger partial charge is 0.455 e. The molecule has 0 bridgehead atoms. The highest BCUT2D eigenvalue weighted by Gasteiger charge is 2.47. The maximum Gasteiger partial charge on any atom is 0.143 e. The Bertz CT molecular complexity index is 3310. The number of hydrogen-bond donors (Lipinski definition) is 0. The van der Waals surface area contributed by atoms with E-state index in [2.05, 4.69) is 206 Å². The summed E-state index contributed by atoms with van der Waals surface area (Å²) in [6, 6.07) is 75.9. The van der Waals surface area contributed by atoms with Gasteiger partial charge >= 0.3 is 0 Å². The van der Waals surface area contributed by atoms with E-state index in [0.717, 1.165) is 32.9 Å². The van der Waals surface area contributed by atoms with Gasteiger partial charge in [0.2, 0.25) is 0 Å². The molecule has 0 amide bonds. The van der Waals surface area contributed by atoms with Gasteiger partial charge in [-0.3, -0.25) is 0 Å². The topological polar surface area (TPSA) is 13.1 Å². The Balaban J connectivity index is 0.984. The van der Waals surface area contributed by atoms with Gasteiger partial charge < -0.3 is 4.42 Å². The molecule has 1 nitrogen and oxygen atoms in total. The van der Waals surface area contributed by atoms with Crippen LogP contribution in [0.25, 0.3) is 87.6 Å². The van der Waals surface area contributed by atoms with E-state index >= 15 is 0 Å². The van der Waals surface area contributed by atoms with E-state index in [4.69, 9.17) is 4.42 Å². The molecule has 1 heteroatoms. The predicted octanol–water partition coefficient (Wildman–Crippen LogP) is 14.7. The van der Waals surface area contributed by atoms with Crippen LogP contribution in [-0.2, 0) is 5.41 Å². The van der Waals surface area contributed by atoms with E-state index < -0.39 is 5.41 Å². The quantitative estimate of drug-likeness (QED) is 0.177. The number of hydrogen-bond acceptors (Lipinski definition) is 1. The van der Waals surface area contributed by atoms with Crippen molar-refractivity contribution in [3.05, 3.63) is 229 Å². The van der Waals surface area contributed by atoms with Crippen LogP contribution in [0.5, 0.6) is 0 Å². The molecule has 0 unspecified atom stereocenters. The molecular formula is C55H34O. The van der Waals surface area contributed by atoms with Gasteiger partial charge in [-0.25, -0.2) is 0 Å². The zero-order valence-electron chi connectivity index (χ0n) is 30.5. The van der Waals surface area contributed by atoms with Gasteiger partial charge in [-0.1, -0.05) is 170 Å². The summed E-state index contributed by atoms with van der Waals surface area (Å²) >= 11 is 0. The van der Waals surface area contributed by atoms with Crippen molar-refractivity contribution in [1.82, 2.24) is 0 Å². The number of benzene rings is 10. The SMILES string of the molecule is c1ccc(C2(c3ccccc3)c3ccccc3-c3ccc4ccc(-c5ccc6cc(-c7ccc8c(c7)oc7c9ccccc9ccc87)ccc6c5)cc4c32)cc1. The van der Waals surface area contributed by atoms with Crippen molar-refractivity contribution in [3.63, 3.8) is 0 Å². The summed E-state index contributed by atoms with van der Waals surface area (Å²) in [7, 11) is 0. The maximum absolute atomic E-state index is 6.52. The second-order valence-electron chi connectivity index (χ2n) is 15.2. The monoisotopic (exact) mass is 710 g/mol. The van der Waals surface area contributed by atoms with E-state index in [9.17, 15) is 0 Å². The highest BCUT2D eigenvalue weighted by Crippen LogP contribution is 2.58. The zero-order valence-corrected chi connectivity index (χ0v) is 30.5. The van der Waals surface area contributed by atoms with E-state index in [1.807, 2.05) is 0 Å². The van der Waals surface area contributed by atoms with Crippen LogP contribution >= 0.6 is 0 Å². The van der Waals surface area contributed by atoms with Crippen LogP contribution < -0.4 is 0 Å². The van der Waals surface area contributed by atoms with E-state index in [1.165, 1.54) is 77.0 Å². The minimum atomic E-state index is -0.453. The molecule has 56 heavy (non-hydrogen) atoms. The van der Waals surface area contributed by atoms with Crippen LogP contribution in [0.3, 0.4) is 0 Å². The molecule has 0 saturated carbocycles. The predicted molar refractivity (Wildman–Crippen MR) is 234 cm³/mol. The van der Waals surface area contributed by atoms with Crippen molar-refractivity contribution in [2.24, 2.45) is 0 Å². The average molecular weight is 711 g/mol. The van der Waals surface area contributed by atoms with E-state index in [-0.39, 0.29) is 0 Å². The summed E-state index contributed by atoms with van der Waals surface area (Å²) in [5.74, 6) is 0. The first kappa shape index (κ1) is 31.2. The van der Waals surface area contributed by atoms with E-state index in [0.29, 0.717) is 0 Å². The van der Waals surface area contributed by atoms with Gasteiger partial charge in [0.1, 0.15) is 11.2 Å². The van der Waals surface area contributed by atoms with Crippen molar-refractivity contribution in [2.45, 2.75) is 5.41 Å². The van der Waals surface area contributed by atoms with Crippen LogP contribution in [0.15, 0.2) is 211 Å². The van der Waals surface area contributed by atoms with E-state index in [1.54, 1.807) is 0 Å². The number of rotatable bonds is 4. The Hall–Kier alpha value is -7.22. The van der Waals surface area contributed by atoms with Crippen molar-refractivity contribution < 1.29 is 4.42 Å². The summed E-state index contributed by atoms with van der Waals surface area (Å²) in [5, 5.41) is 9.61. The molecule has 1 aliphatic carbocycles. The lowest BCUT2D eigenvalue weighted by atomic mass is 9.66. The highest BCUT2D eigenvalue weighted by atomic mass is 16.3. The third-order valence-electron chi connectivity index (χ3n) is 12.3. The number of fused-ring (bicyclic) bond motifs is 11. The smallest absolute Gasteiger partial charge is 0.143 e. The molecule has 0 atom stereocenters. The van der Waals surface area contributed by atoms with Gasteiger partial charge in [0, 0.05) is 16.2 Å². The highest BCUT2D eigenvalue weighted by molar-refractivity contribution is 6.15. The molecule has 260 valence electrons. The Kier molecular flexibility index (Phi) is 6.62. The molecular weight excluding hydrogens is 677 g/mol. The molecule has 0 saturated heterocycles. The third kappa shape index (κ3) is 4.43. The lowest BCUT2D eigenvalue weighted by Gasteiger charge is -2.34. The van der Waals surface area contributed by atoms with Gasteiger partial charge in [0.05, 0.1) is 5.41 Å². The van der Waals surface area contributed by atoms with Crippen LogP contribution in [0.4, 0.5) is 0 Å². The molecule has 0 fully saturated rings. The standard InChI is InChI=1S/C55H34O/c1-3-12-43(13-4-1)55(44-14-5-2-6-15-44)51-18-10-9-17-46(51)48-29-25-36-19-20-41(33-50(36)53(48)55)39-23-21-38-32-40(24-22-37(38)31-39)42-27-28-47-49-30-26-35-11-7-8-16-45(35)54(49)56-52(47)34-42/h1-34H. The summed E-state index contributed by atoms with van der Waals surface area (Å²) in [6.45, 7) is 0. The molecule has 0 radical (unpaired) electrons. The Morgan fingerprint density at radius 2 is 0.857 bits per heavy atom. The molecule has 0 N–H and O–H groups in total. The number of furan rings is 1. The van der Waals surface area contributed by atoms with Crippen molar-refractivity contribution in [1.29, 1.82) is 0 Å². The van der Waals surface area contributed by atoms with Crippen LogP contribution in [0.2, 0.25) is 0 Å². The Labute approximate surface area is 324 Å². The first-order chi connectivity index (χ1) is 27.7. The average Bonchev–Trinajstić information content (AvgIpc) is 3.81. The second-order valence-corrected chi connectivity index (χ2v) is 15.2. The zero-order chi connectivity index (χ0) is 36.8. The lowest BCUT2D eigenvalue weighted by Crippen LogP contribution is -2.28. The Morgan fingerprint density at radius 3 is 1.61 bits per heavy atom. The Morgan fingerprint density at radius 1 is 0.321 bits per heavy atom. The molecule has 0 aliphatic heterocycles. The molecule has 1 heterocycles. The fourth-order valence-corrected chi connectivity index (χ4v) is 9.74. The fraction of sp³-hybridized carbons (Fsp3) is 0.0182. The van der Waals surface area contributed by atoms with Crippen molar-refractivity contribution in [3.8, 4) is 33.4 Å². The molecule has 12 rings (SSSR count). The molecule has 11 aromatic rings. The molecule has 0 spiro atoms. The normalized spacial score (nSPS) is 13.1. The van der Waals surface area contributed by atoms with Crippen LogP contribution in [-0.4, -0.2) is 0 Å². The fourth-order valence-electron chi connectivity index (χ4n) is 9.74. The van der Waals surface area contributed by atoms with Gasteiger partial charge in [0.25, 0.3) is 0 Å². The first-order valence-corrected chi connectivity index (χ1v) is 19.4. The maximum atomic E-state index is 6.52. The third-order valence-corrected chi connectivity index (χ3v) is 12.3. The van der Waals surface area contributed by atoms with Gasteiger partial charge in [0.15, 0.2) is 0 Å². The summed E-state index contributed by atoms with van der Waals surface area (Å²) in [5.41, 5.74) is 14.0. The van der Waals surface area contributed by atoms with Crippen LogP contribution in [0, 0.1) is 0 Å². The summed E-state index contributed by atoms with van der Waals surface area (Å²) in [4.78, 5) is 0. The van der Waals surface area contributed by atoms with Crippen LogP contribution in [0.1, 0.15) is 22.3 Å². The van der Waals surface area contributed by atoms with Gasteiger partial charge in [-0.05, 0) is 119 Å². The second kappa shape index (κ2) is 11.9. The summed E-state index contributed by atoms with van der Waals surface area (Å²) < 4.78 is 6.52. The van der Waals surface area contributed by atoms with Crippen molar-refractivity contribution in [2.75, 3.05) is 0 Å².